The summed E-state index contributed by atoms with van der Waals surface area (Å²) in [5.41, 5.74) is 2.41. The summed E-state index contributed by atoms with van der Waals surface area (Å²) in [5, 5.41) is 0. The molecule has 0 aliphatic rings. The van der Waals surface area contributed by atoms with Gasteiger partial charge in [-0.15, -0.1) is 0 Å². The van der Waals surface area contributed by atoms with Crippen LogP contribution in [0.1, 0.15) is 26.7 Å². The van der Waals surface area contributed by atoms with Crippen molar-refractivity contribution in [1.82, 2.24) is 4.98 Å². The normalized spacial score (nSPS) is 12.3. The van der Waals surface area contributed by atoms with Crippen LogP contribution in [-0.2, 0) is 15.3 Å². The van der Waals surface area contributed by atoms with Crippen LogP contribution >= 0.6 is 0 Å². The Morgan fingerprint density at radius 2 is 1.65 bits per heavy atom. The Labute approximate surface area is 152 Å². The largest absolute Gasteiger partial charge is 0.448 e. The molecule has 0 aliphatic heterocycles. The average molecular weight is 373 g/mol. The van der Waals surface area contributed by atoms with Gasteiger partial charge in [0.2, 0.25) is 0 Å². The van der Waals surface area contributed by atoms with E-state index in [0.717, 1.165) is 17.4 Å². The molecule has 136 valence electrons. The number of aromatic nitrogens is 1. The molecule has 0 bridgehead atoms. The van der Waals surface area contributed by atoms with Crippen LogP contribution in [0.25, 0.3) is 22.4 Å². The monoisotopic (exact) mass is 373 g/mol. The summed E-state index contributed by atoms with van der Waals surface area (Å²) in [5.74, 6) is 0.224. The molecule has 6 heteroatoms. The van der Waals surface area contributed by atoms with E-state index in [1.54, 1.807) is 30.3 Å². The Morgan fingerprint density at radius 1 is 1.00 bits per heavy atom. The maximum atomic E-state index is 13.3. The van der Waals surface area contributed by atoms with Crippen molar-refractivity contribution in [3.05, 3.63) is 60.4 Å². The second-order valence-electron chi connectivity index (χ2n) is 7.27. The van der Waals surface area contributed by atoms with Gasteiger partial charge < -0.3 is 4.42 Å². The fraction of sp³-hybridized carbons (Fsp3) is 0.250. The van der Waals surface area contributed by atoms with Gasteiger partial charge in [-0.2, -0.15) is 0 Å². The second kappa shape index (κ2) is 6.36. The lowest BCUT2D eigenvalue weighted by molar-refractivity contribution is 0.392. The first-order chi connectivity index (χ1) is 12.1. The number of benzene rings is 2. The van der Waals surface area contributed by atoms with Crippen LogP contribution in [-0.4, -0.2) is 19.7 Å². The first kappa shape index (κ1) is 18.3. The molecule has 0 aliphatic carbocycles. The predicted molar refractivity (Wildman–Crippen MR) is 99.1 cm³/mol. The predicted octanol–water partition coefficient (Wildman–Crippen LogP) is 4.85. The highest BCUT2D eigenvalue weighted by Gasteiger charge is 2.22. The fourth-order valence-corrected chi connectivity index (χ4v) is 3.24. The summed E-state index contributed by atoms with van der Waals surface area (Å²) >= 11 is 0. The molecule has 2 aromatic carbocycles. The molecule has 0 saturated heterocycles. The van der Waals surface area contributed by atoms with Crippen LogP contribution in [0.4, 0.5) is 4.39 Å². The summed E-state index contributed by atoms with van der Waals surface area (Å²) in [6.07, 6.45) is 2.68. The van der Waals surface area contributed by atoms with Gasteiger partial charge in [0, 0.05) is 17.2 Å². The van der Waals surface area contributed by atoms with E-state index in [1.165, 1.54) is 18.4 Å². The minimum Gasteiger partial charge on any atom is -0.448 e. The minimum atomic E-state index is -3.38. The molecule has 0 atom stereocenters. The zero-order chi connectivity index (χ0) is 19.1. The fourth-order valence-electron chi connectivity index (χ4n) is 2.59. The lowest BCUT2D eigenvalue weighted by atomic mass is 9.96. The van der Waals surface area contributed by atoms with Crippen LogP contribution < -0.4 is 0 Å². The van der Waals surface area contributed by atoms with Crippen molar-refractivity contribution in [2.45, 2.75) is 31.1 Å². The zero-order valence-corrected chi connectivity index (χ0v) is 15.9. The summed E-state index contributed by atoms with van der Waals surface area (Å²) in [4.78, 5) is 4.74. The van der Waals surface area contributed by atoms with Gasteiger partial charge in [0.15, 0.2) is 15.7 Å². The number of nitrogens with zero attached hydrogens (tertiary/aromatic N) is 1. The van der Waals surface area contributed by atoms with Crippen molar-refractivity contribution >= 4 is 9.84 Å². The van der Waals surface area contributed by atoms with Crippen molar-refractivity contribution in [1.29, 1.82) is 0 Å². The van der Waals surface area contributed by atoms with Crippen LogP contribution in [0.2, 0.25) is 0 Å². The Morgan fingerprint density at radius 3 is 2.19 bits per heavy atom. The van der Waals surface area contributed by atoms with Gasteiger partial charge in [-0.3, -0.25) is 0 Å². The number of oxazole rings is 1. The molecule has 4 nitrogen and oxygen atoms in total. The third-order valence-electron chi connectivity index (χ3n) is 4.00. The smallest absolute Gasteiger partial charge is 0.199 e. The van der Waals surface area contributed by atoms with Crippen LogP contribution in [0.3, 0.4) is 0 Å². The number of hydrogen-bond donors (Lipinski definition) is 0. The molecule has 0 N–H and O–H groups in total. The van der Waals surface area contributed by atoms with E-state index < -0.39 is 9.84 Å². The first-order valence-electron chi connectivity index (χ1n) is 8.12. The van der Waals surface area contributed by atoms with Gasteiger partial charge in [-0.1, -0.05) is 39.0 Å². The first-order valence-corrected chi connectivity index (χ1v) is 10.0. The summed E-state index contributed by atoms with van der Waals surface area (Å²) in [6, 6.07) is 10.9. The third kappa shape index (κ3) is 3.70. The van der Waals surface area contributed by atoms with Crippen molar-refractivity contribution in [3.8, 4) is 22.4 Å². The van der Waals surface area contributed by atoms with E-state index in [9.17, 15) is 12.8 Å². The SMILES string of the molecule is CC(C)(C)c1nc(-c2cc(S(C)(=O)=O)ccc2-c2ccc(F)cc2)co1. The Bertz CT molecular complexity index is 1050. The zero-order valence-electron chi connectivity index (χ0n) is 15.1. The number of sulfone groups is 1. The average Bonchev–Trinajstić information content (AvgIpc) is 3.04. The highest BCUT2D eigenvalue weighted by molar-refractivity contribution is 7.90. The number of rotatable bonds is 3. The topological polar surface area (TPSA) is 60.2 Å². The van der Waals surface area contributed by atoms with E-state index in [4.69, 9.17) is 4.42 Å². The molecule has 1 heterocycles. The highest BCUT2D eigenvalue weighted by atomic mass is 32.2. The molecule has 1 aromatic heterocycles. The Hall–Kier alpha value is -2.47. The van der Waals surface area contributed by atoms with Gasteiger partial charge in [-0.05, 0) is 35.4 Å². The van der Waals surface area contributed by atoms with E-state index >= 15 is 0 Å². The minimum absolute atomic E-state index is 0.193. The summed E-state index contributed by atoms with van der Waals surface area (Å²) < 4.78 is 42.8. The number of hydrogen-bond acceptors (Lipinski definition) is 4. The van der Waals surface area contributed by atoms with Crippen molar-refractivity contribution in [2.24, 2.45) is 0 Å². The molecule has 0 fully saturated rings. The highest BCUT2D eigenvalue weighted by Crippen LogP contribution is 2.35. The van der Waals surface area contributed by atoms with Crippen LogP contribution in [0.15, 0.2) is 58.0 Å². The molecule has 0 saturated carbocycles. The summed E-state index contributed by atoms with van der Waals surface area (Å²) in [7, 11) is -3.38. The van der Waals surface area contributed by atoms with Crippen LogP contribution in [0, 0.1) is 5.82 Å². The van der Waals surface area contributed by atoms with Gasteiger partial charge in [0.05, 0.1) is 4.90 Å². The standard InChI is InChI=1S/C20H20FNO3S/c1-20(2,3)19-22-18(12-25-19)17-11-15(26(4,23)24)9-10-16(17)13-5-7-14(21)8-6-13/h5-12H,1-4H3. The van der Waals surface area contributed by atoms with Gasteiger partial charge in [-0.25, -0.2) is 17.8 Å². The molecule has 0 amide bonds. The Kier molecular flexibility index (Phi) is 4.48. The van der Waals surface area contributed by atoms with Gasteiger partial charge in [0.25, 0.3) is 0 Å². The number of halogens is 1. The van der Waals surface area contributed by atoms with Crippen molar-refractivity contribution < 1.29 is 17.2 Å². The van der Waals surface area contributed by atoms with Gasteiger partial charge in [0.1, 0.15) is 17.8 Å². The molecule has 26 heavy (non-hydrogen) atoms. The third-order valence-corrected chi connectivity index (χ3v) is 5.11. The lowest BCUT2D eigenvalue weighted by Gasteiger charge is -2.12. The van der Waals surface area contributed by atoms with E-state index in [0.29, 0.717) is 17.1 Å². The van der Waals surface area contributed by atoms with E-state index in [1.807, 2.05) is 20.8 Å². The second-order valence-corrected chi connectivity index (χ2v) is 9.29. The maximum Gasteiger partial charge on any atom is 0.199 e. The van der Waals surface area contributed by atoms with E-state index in [2.05, 4.69) is 4.98 Å². The van der Waals surface area contributed by atoms with Gasteiger partial charge >= 0.3 is 0 Å². The van der Waals surface area contributed by atoms with Crippen molar-refractivity contribution in [3.63, 3.8) is 0 Å². The maximum absolute atomic E-state index is 13.3. The van der Waals surface area contributed by atoms with E-state index in [-0.39, 0.29) is 16.1 Å². The molecule has 3 rings (SSSR count). The molecule has 0 spiro atoms. The molecular weight excluding hydrogens is 353 g/mol. The quantitative estimate of drug-likeness (QED) is 0.658. The molecular formula is C20H20FNO3S. The molecule has 3 aromatic rings. The lowest BCUT2D eigenvalue weighted by Crippen LogP contribution is -2.11. The van der Waals surface area contributed by atoms with Crippen LogP contribution in [0.5, 0.6) is 0 Å². The summed E-state index contributed by atoms with van der Waals surface area (Å²) in [6.45, 7) is 5.95. The molecule has 0 radical (unpaired) electrons. The molecule has 0 unspecified atom stereocenters. The van der Waals surface area contributed by atoms with Crippen molar-refractivity contribution in [2.75, 3.05) is 6.26 Å². The Balaban J connectivity index is 2.22.